The molecule has 1 fully saturated rings. The zero-order valence-corrected chi connectivity index (χ0v) is 14.0. The van der Waals surface area contributed by atoms with Gasteiger partial charge >= 0.3 is 5.97 Å². The predicted molar refractivity (Wildman–Crippen MR) is 84.4 cm³/mol. The fourth-order valence-corrected chi connectivity index (χ4v) is 2.80. The monoisotopic (exact) mass is 323 g/mol. The summed E-state index contributed by atoms with van der Waals surface area (Å²) in [6.07, 6.45) is 3.62. The molecule has 128 valence electrons. The van der Waals surface area contributed by atoms with E-state index in [1.807, 2.05) is 31.6 Å². The Morgan fingerprint density at radius 3 is 2.65 bits per heavy atom. The zero-order chi connectivity index (χ0) is 17.0. The van der Waals surface area contributed by atoms with Gasteiger partial charge in [0.1, 0.15) is 6.54 Å². The molecule has 1 saturated heterocycles. The molecule has 1 aromatic heterocycles. The molecule has 0 bridgehead atoms. The van der Waals surface area contributed by atoms with Gasteiger partial charge in [-0.2, -0.15) is 5.10 Å². The fraction of sp³-hybridized carbons (Fsp3) is 0.688. The number of hydrogen-bond acceptors (Lipinski definition) is 4. The molecule has 1 aliphatic rings. The summed E-state index contributed by atoms with van der Waals surface area (Å²) in [7, 11) is 0. The van der Waals surface area contributed by atoms with E-state index in [1.54, 1.807) is 0 Å². The minimum absolute atomic E-state index is 0.191. The molecule has 0 saturated carbocycles. The van der Waals surface area contributed by atoms with Crippen LogP contribution in [0.2, 0.25) is 0 Å². The quantitative estimate of drug-likeness (QED) is 0.862. The molecular formula is C16H25N3O4. The summed E-state index contributed by atoms with van der Waals surface area (Å²) in [5.74, 6) is -1.14. The first kappa shape index (κ1) is 17.5. The molecule has 23 heavy (non-hydrogen) atoms. The SMILES string of the molecule is Cc1cn(C2CCOCC2)nc1C(=O)N(CC(=O)O)CC(C)C. The van der Waals surface area contributed by atoms with Crippen molar-refractivity contribution in [3.8, 4) is 0 Å². The third kappa shape index (κ3) is 4.54. The molecule has 1 N–H and O–H groups in total. The lowest BCUT2D eigenvalue weighted by atomic mass is 10.1. The molecule has 0 radical (unpaired) electrons. The lowest BCUT2D eigenvalue weighted by Gasteiger charge is -2.23. The maximum atomic E-state index is 12.7. The van der Waals surface area contributed by atoms with Crippen molar-refractivity contribution < 1.29 is 19.4 Å². The molecule has 0 atom stereocenters. The highest BCUT2D eigenvalue weighted by atomic mass is 16.5. The fourth-order valence-electron chi connectivity index (χ4n) is 2.80. The maximum Gasteiger partial charge on any atom is 0.323 e. The van der Waals surface area contributed by atoms with Crippen LogP contribution in [-0.4, -0.2) is 58.0 Å². The van der Waals surface area contributed by atoms with Crippen LogP contribution in [0.3, 0.4) is 0 Å². The minimum Gasteiger partial charge on any atom is -0.480 e. The largest absolute Gasteiger partial charge is 0.480 e. The van der Waals surface area contributed by atoms with Crippen molar-refractivity contribution in [3.63, 3.8) is 0 Å². The van der Waals surface area contributed by atoms with E-state index in [-0.39, 0.29) is 24.4 Å². The number of ether oxygens (including phenoxy) is 1. The smallest absolute Gasteiger partial charge is 0.323 e. The Bertz CT molecular complexity index is 562. The average molecular weight is 323 g/mol. The number of carboxylic acid groups (broad SMARTS) is 1. The number of nitrogens with zero attached hydrogens (tertiary/aromatic N) is 3. The number of carbonyl (C=O) groups excluding carboxylic acids is 1. The summed E-state index contributed by atoms with van der Waals surface area (Å²) in [6.45, 7) is 7.24. The van der Waals surface area contributed by atoms with Crippen LogP contribution in [0.25, 0.3) is 0 Å². The first-order chi connectivity index (χ1) is 10.9. The van der Waals surface area contributed by atoms with Crippen molar-refractivity contribution in [1.82, 2.24) is 14.7 Å². The summed E-state index contributed by atoms with van der Waals surface area (Å²) < 4.78 is 7.18. The number of aryl methyl sites for hydroxylation is 1. The lowest BCUT2D eigenvalue weighted by Crippen LogP contribution is -2.38. The Kier molecular flexibility index (Phi) is 5.76. The van der Waals surface area contributed by atoms with Crippen LogP contribution in [0.1, 0.15) is 48.8 Å². The molecule has 2 rings (SSSR count). The highest BCUT2D eigenvalue weighted by Crippen LogP contribution is 2.22. The first-order valence-corrected chi connectivity index (χ1v) is 8.03. The van der Waals surface area contributed by atoms with E-state index in [1.165, 1.54) is 4.90 Å². The molecule has 0 spiro atoms. The van der Waals surface area contributed by atoms with E-state index in [2.05, 4.69) is 5.10 Å². The van der Waals surface area contributed by atoms with Gasteiger partial charge in [0, 0.05) is 31.5 Å². The van der Waals surface area contributed by atoms with Gasteiger partial charge in [-0.05, 0) is 25.7 Å². The molecule has 7 heteroatoms. The molecule has 1 aromatic rings. The van der Waals surface area contributed by atoms with E-state index in [0.717, 1.165) is 18.4 Å². The van der Waals surface area contributed by atoms with Crippen molar-refractivity contribution in [2.24, 2.45) is 5.92 Å². The topological polar surface area (TPSA) is 84.7 Å². The Labute approximate surface area is 136 Å². The second kappa shape index (κ2) is 7.59. The highest BCUT2D eigenvalue weighted by molar-refractivity contribution is 5.95. The van der Waals surface area contributed by atoms with Crippen molar-refractivity contribution in [2.45, 2.75) is 39.7 Å². The zero-order valence-electron chi connectivity index (χ0n) is 14.0. The summed E-state index contributed by atoms with van der Waals surface area (Å²) in [5, 5.41) is 13.5. The van der Waals surface area contributed by atoms with Gasteiger partial charge in [-0.1, -0.05) is 13.8 Å². The Hall–Kier alpha value is -1.89. The number of amides is 1. The lowest BCUT2D eigenvalue weighted by molar-refractivity contribution is -0.137. The third-order valence-electron chi connectivity index (χ3n) is 3.88. The van der Waals surface area contributed by atoms with Crippen LogP contribution in [0, 0.1) is 12.8 Å². The van der Waals surface area contributed by atoms with Crippen LogP contribution < -0.4 is 0 Å². The maximum absolute atomic E-state index is 12.7. The van der Waals surface area contributed by atoms with E-state index in [0.29, 0.717) is 25.5 Å². The van der Waals surface area contributed by atoms with Crippen molar-refractivity contribution in [1.29, 1.82) is 0 Å². The summed E-state index contributed by atoms with van der Waals surface area (Å²) >= 11 is 0. The molecule has 7 nitrogen and oxygen atoms in total. The number of aliphatic carboxylic acids is 1. The average Bonchev–Trinajstić information content (AvgIpc) is 2.88. The van der Waals surface area contributed by atoms with Crippen LogP contribution in [-0.2, 0) is 9.53 Å². The Morgan fingerprint density at radius 1 is 1.43 bits per heavy atom. The van der Waals surface area contributed by atoms with Crippen LogP contribution >= 0.6 is 0 Å². The number of hydrogen-bond donors (Lipinski definition) is 1. The van der Waals surface area contributed by atoms with Crippen molar-refractivity contribution >= 4 is 11.9 Å². The van der Waals surface area contributed by atoms with Crippen LogP contribution in [0.4, 0.5) is 0 Å². The number of aromatic nitrogens is 2. The van der Waals surface area contributed by atoms with Crippen LogP contribution in [0.15, 0.2) is 6.20 Å². The molecule has 1 aliphatic heterocycles. The number of carbonyl (C=O) groups is 2. The second-order valence-electron chi connectivity index (χ2n) is 6.46. The van der Waals surface area contributed by atoms with Gasteiger partial charge in [0.2, 0.25) is 0 Å². The predicted octanol–water partition coefficient (Wildman–Crippen LogP) is 1.73. The molecular weight excluding hydrogens is 298 g/mol. The van der Waals surface area contributed by atoms with E-state index >= 15 is 0 Å². The second-order valence-corrected chi connectivity index (χ2v) is 6.46. The van der Waals surface area contributed by atoms with Gasteiger partial charge in [0.25, 0.3) is 5.91 Å². The van der Waals surface area contributed by atoms with Gasteiger partial charge in [-0.3, -0.25) is 14.3 Å². The van der Waals surface area contributed by atoms with Gasteiger partial charge in [-0.25, -0.2) is 0 Å². The van der Waals surface area contributed by atoms with Crippen molar-refractivity contribution in [3.05, 3.63) is 17.5 Å². The van der Waals surface area contributed by atoms with Gasteiger partial charge < -0.3 is 14.7 Å². The Balaban J connectivity index is 2.19. The van der Waals surface area contributed by atoms with E-state index in [9.17, 15) is 9.59 Å². The normalized spacial score (nSPS) is 15.8. The van der Waals surface area contributed by atoms with Crippen LogP contribution in [0.5, 0.6) is 0 Å². The molecule has 0 aliphatic carbocycles. The molecule has 0 aromatic carbocycles. The van der Waals surface area contributed by atoms with E-state index < -0.39 is 5.97 Å². The highest BCUT2D eigenvalue weighted by Gasteiger charge is 2.25. The summed E-state index contributed by atoms with van der Waals surface area (Å²) in [5.41, 5.74) is 1.12. The van der Waals surface area contributed by atoms with E-state index in [4.69, 9.17) is 9.84 Å². The number of carboxylic acids is 1. The van der Waals surface area contributed by atoms with Gasteiger partial charge in [0.05, 0.1) is 6.04 Å². The number of rotatable bonds is 6. The molecule has 0 unspecified atom stereocenters. The van der Waals surface area contributed by atoms with Gasteiger partial charge in [-0.15, -0.1) is 0 Å². The standard InChI is InChI=1S/C16H25N3O4/c1-11(2)8-18(10-14(20)21)16(22)15-12(3)9-19(17-15)13-4-6-23-7-5-13/h9,11,13H,4-8,10H2,1-3H3,(H,20,21). The van der Waals surface area contributed by atoms with Crippen molar-refractivity contribution in [2.75, 3.05) is 26.3 Å². The summed E-state index contributed by atoms with van der Waals surface area (Å²) in [4.78, 5) is 25.1. The summed E-state index contributed by atoms with van der Waals surface area (Å²) in [6, 6.07) is 0.238. The first-order valence-electron chi connectivity index (χ1n) is 8.03. The molecule has 1 amide bonds. The minimum atomic E-state index is -1.01. The third-order valence-corrected chi connectivity index (χ3v) is 3.88. The Morgan fingerprint density at radius 2 is 2.09 bits per heavy atom. The molecule has 2 heterocycles. The van der Waals surface area contributed by atoms with Gasteiger partial charge in [0.15, 0.2) is 5.69 Å².